The van der Waals surface area contributed by atoms with Crippen molar-refractivity contribution in [3.63, 3.8) is 0 Å². The van der Waals surface area contributed by atoms with E-state index in [-0.39, 0.29) is 5.56 Å². The summed E-state index contributed by atoms with van der Waals surface area (Å²) in [6.45, 7) is 0.369. The number of rotatable bonds is 6. The van der Waals surface area contributed by atoms with Crippen molar-refractivity contribution in [3.8, 4) is 5.75 Å². The molecule has 7 nitrogen and oxygen atoms in total. The Balaban J connectivity index is 1.57. The molecule has 3 rings (SSSR count). The number of benzene rings is 2. The monoisotopic (exact) mass is 322 g/mol. The fourth-order valence-corrected chi connectivity index (χ4v) is 1.95. The first-order valence-electron chi connectivity index (χ1n) is 7.15. The summed E-state index contributed by atoms with van der Waals surface area (Å²) in [4.78, 5) is 10.8. The Kier molecular flexibility index (Phi) is 4.62. The second-order valence-electron chi connectivity index (χ2n) is 4.95. The van der Waals surface area contributed by atoms with Crippen LogP contribution in [0.5, 0.6) is 5.75 Å². The van der Waals surface area contributed by atoms with Gasteiger partial charge in [0.05, 0.1) is 11.8 Å². The van der Waals surface area contributed by atoms with Crippen LogP contribution >= 0.6 is 0 Å². The normalized spacial score (nSPS) is 10.8. The van der Waals surface area contributed by atoms with Crippen molar-refractivity contribution in [1.29, 1.82) is 0 Å². The summed E-state index contributed by atoms with van der Waals surface area (Å²) < 4.78 is 7.19. The lowest BCUT2D eigenvalue weighted by molar-refractivity contribution is 0.0697. The van der Waals surface area contributed by atoms with E-state index in [0.717, 1.165) is 16.9 Å². The number of hydrogen-bond donors (Lipinski definition) is 1. The maximum absolute atomic E-state index is 10.8. The Labute approximate surface area is 137 Å². The molecule has 2 aromatic carbocycles. The van der Waals surface area contributed by atoms with E-state index in [1.165, 1.54) is 17.3 Å². The van der Waals surface area contributed by atoms with Gasteiger partial charge in [-0.2, -0.15) is 5.10 Å². The van der Waals surface area contributed by atoms with Crippen molar-refractivity contribution in [1.82, 2.24) is 14.9 Å². The van der Waals surface area contributed by atoms with Gasteiger partial charge in [0.1, 0.15) is 25.0 Å². The minimum absolute atomic E-state index is 0.260. The average Bonchev–Trinajstić information content (AvgIpc) is 3.13. The Morgan fingerprint density at radius 2 is 1.75 bits per heavy atom. The zero-order valence-corrected chi connectivity index (χ0v) is 12.6. The van der Waals surface area contributed by atoms with Gasteiger partial charge < -0.3 is 9.84 Å². The molecular formula is C17H14N4O3. The van der Waals surface area contributed by atoms with Gasteiger partial charge in [-0.05, 0) is 47.5 Å². The summed E-state index contributed by atoms with van der Waals surface area (Å²) in [6, 6.07) is 14.1. The smallest absolute Gasteiger partial charge is 0.335 e. The molecule has 1 aromatic heterocycles. The number of ether oxygens (including phenoxy) is 1. The topological polar surface area (TPSA) is 89.6 Å². The largest absolute Gasteiger partial charge is 0.489 e. The van der Waals surface area contributed by atoms with Crippen LogP contribution in [0.25, 0.3) is 0 Å². The van der Waals surface area contributed by atoms with E-state index in [4.69, 9.17) is 9.84 Å². The van der Waals surface area contributed by atoms with Crippen LogP contribution in [0.4, 0.5) is 0 Å². The fraction of sp³-hybridized carbons (Fsp3) is 0.0588. The van der Waals surface area contributed by atoms with Crippen LogP contribution in [-0.4, -0.2) is 32.2 Å². The van der Waals surface area contributed by atoms with Crippen LogP contribution in [0.2, 0.25) is 0 Å². The molecule has 0 spiro atoms. The van der Waals surface area contributed by atoms with Crippen molar-refractivity contribution in [2.45, 2.75) is 6.61 Å². The van der Waals surface area contributed by atoms with Gasteiger partial charge in [-0.15, -0.1) is 10.2 Å². The maximum atomic E-state index is 10.8. The van der Waals surface area contributed by atoms with Gasteiger partial charge >= 0.3 is 5.97 Å². The predicted octanol–water partition coefficient (Wildman–Crippen LogP) is 2.44. The lowest BCUT2D eigenvalue weighted by Gasteiger charge is -2.06. The summed E-state index contributed by atoms with van der Waals surface area (Å²) >= 11 is 0. The first-order valence-corrected chi connectivity index (χ1v) is 7.15. The van der Waals surface area contributed by atoms with Gasteiger partial charge in [-0.3, -0.25) is 0 Å². The van der Waals surface area contributed by atoms with Crippen molar-refractivity contribution < 1.29 is 14.6 Å². The minimum Gasteiger partial charge on any atom is -0.489 e. The Hall–Kier alpha value is -3.48. The van der Waals surface area contributed by atoms with Gasteiger partial charge in [0.2, 0.25) is 0 Å². The summed E-state index contributed by atoms with van der Waals surface area (Å²) in [7, 11) is 0. The highest BCUT2D eigenvalue weighted by Gasteiger charge is 2.02. The molecule has 0 aliphatic rings. The highest BCUT2D eigenvalue weighted by Crippen LogP contribution is 2.14. The number of nitrogens with zero attached hydrogens (tertiary/aromatic N) is 4. The fourth-order valence-electron chi connectivity index (χ4n) is 1.95. The highest BCUT2D eigenvalue weighted by atomic mass is 16.5. The van der Waals surface area contributed by atoms with Crippen LogP contribution in [0.3, 0.4) is 0 Å². The number of hydrogen-bond acceptors (Lipinski definition) is 5. The molecule has 0 fully saturated rings. The number of aromatic carboxylic acids is 1. The van der Waals surface area contributed by atoms with E-state index in [2.05, 4.69) is 15.3 Å². The number of carbonyl (C=O) groups is 1. The van der Waals surface area contributed by atoms with Crippen LogP contribution in [0.15, 0.2) is 66.3 Å². The number of aromatic nitrogens is 3. The molecule has 0 aliphatic heterocycles. The van der Waals surface area contributed by atoms with Gasteiger partial charge in [0, 0.05) is 0 Å². The van der Waals surface area contributed by atoms with Crippen LogP contribution in [0, 0.1) is 0 Å². The molecule has 0 radical (unpaired) electrons. The Bertz CT molecular complexity index is 825. The van der Waals surface area contributed by atoms with E-state index < -0.39 is 5.97 Å². The standard InChI is InChI=1S/C17H14N4O3/c22-17(23)15-5-1-14(2-6-15)10-24-16-7-3-13(4-8-16)9-20-21-11-18-19-12-21/h1-9,11-12H,10H2,(H,22,23)/b20-9-. The molecule has 0 saturated heterocycles. The average molecular weight is 322 g/mol. The molecule has 0 bridgehead atoms. The first kappa shape index (κ1) is 15.4. The van der Waals surface area contributed by atoms with E-state index in [1.807, 2.05) is 24.3 Å². The van der Waals surface area contributed by atoms with Crippen molar-refractivity contribution in [2.75, 3.05) is 0 Å². The first-order chi connectivity index (χ1) is 11.7. The molecule has 0 unspecified atom stereocenters. The van der Waals surface area contributed by atoms with Crippen molar-refractivity contribution in [2.24, 2.45) is 5.10 Å². The Morgan fingerprint density at radius 1 is 1.08 bits per heavy atom. The molecule has 7 heteroatoms. The van der Waals surface area contributed by atoms with Crippen LogP contribution in [0.1, 0.15) is 21.5 Å². The Morgan fingerprint density at radius 3 is 2.38 bits per heavy atom. The molecule has 0 aliphatic carbocycles. The van der Waals surface area contributed by atoms with Crippen LogP contribution in [-0.2, 0) is 6.61 Å². The second-order valence-corrected chi connectivity index (χ2v) is 4.95. The van der Waals surface area contributed by atoms with Crippen molar-refractivity contribution >= 4 is 12.2 Å². The van der Waals surface area contributed by atoms with E-state index in [0.29, 0.717) is 6.61 Å². The molecular weight excluding hydrogens is 308 g/mol. The molecule has 3 aromatic rings. The summed E-state index contributed by atoms with van der Waals surface area (Å²) in [5.41, 5.74) is 2.08. The molecule has 0 atom stereocenters. The summed E-state index contributed by atoms with van der Waals surface area (Å²) in [6.07, 6.45) is 4.70. The summed E-state index contributed by atoms with van der Waals surface area (Å²) in [5.74, 6) is -0.218. The lowest BCUT2D eigenvalue weighted by Crippen LogP contribution is -1.99. The zero-order valence-electron chi connectivity index (χ0n) is 12.6. The molecule has 120 valence electrons. The van der Waals surface area contributed by atoms with Crippen LogP contribution < -0.4 is 4.74 Å². The highest BCUT2D eigenvalue weighted by molar-refractivity contribution is 5.87. The molecule has 0 saturated carbocycles. The zero-order chi connectivity index (χ0) is 16.8. The van der Waals surface area contributed by atoms with Gasteiger partial charge in [-0.1, -0.05) is 12.1 Å². The lowest BCUT2D eigenvalue weighted by atomic mass is 10.1. The van der Waals surface area contributed by atoms with E-state index in [1.54, 1.807) is 30.5 Å². The third-order valence-electron chi connectivity index (χ3n) is 3.23. The number of carboxylic acids is 1. The minimum atomic E-state index is -0.939. The number of carboxylic acid groups (broad SMARTS) is 1. The summed E-state index contributed by atoms with van der Waals surface area (Å²) in [5, 5.41) is 20.4. The van der Waals surface area contributed by atoms with Gasteiger partial charge in [0.25, 0.3) is 0 Å². The van der Waals surface area contributed by atoms with Gasteiger partial charge in [-0.25, -0.2) is 9.47 Å². The van der Waals surface area contributed by atoms with Crippen molar-refractivity contribution in [3.05, 3.63) is 77.9 Å². The maximum Gasteiger partial charge on any atom is 0.335 e. The van der Waals surface area contributed by atoms with Gasteiger partial charge in [0.15, 0.2) is 0 Å². The molecule has 1 heterocycles. The second kappa shape index (κ2) is 7.19. The molecule has 1 N–H and O–H groups in total. The molecule has 24 heavy (non-hydrogen) atoms. The van der Waals surface area contributed by atoms with E-state index >= 15 is 0 Å². The van der Waals surface area contributed by atoms with E-state index in [9.17, 15) is 4.79 Å². The quantitative estimate of drug-likeness (QED) is 0.704. The molecule has 0 amide bonds. The third kappa shape index (κ3) is 4.04. The predicted molar refractivity (Wildman–Crippen MR) is 87.2 cm³/mol. The SMILES string of the molecule is O=C(O)c1ccc(COc2ccc(/C=N\n3cnnc3)cc2)cc1. The third-order valence-corrected chi connectivity index (χ3v) is 3.23.